The highest BCUT2D eigenvalue weighted by Gasteiger charge is 2.28. The fraction of sp³-hybridized carbons (Fsp3) is 0.533. The van der Waals surface area contributed by atoms with Crippen LogP contribution >= 0.6 is 11.6 Å². The molecular weight excluding hydrogens is 258 g/mol. The minimum Gasteiger partial charge on any atom is -0.324 e. The molecule has 1 aromatic heterocycles. The van der Waals surface area contributed by atoms with Crippen LogP contribution in [0, 0.1) is 0 Å². The SMILES string of the molecule is CCCC(C)(N)c1nc2ccc(Cl)cc2n1C(C)C. The van der Waals surface area contributed by atoms with Gasteiger partial charge in [-0.05, 0) is 45.4 Å². The van der Waals surface area contributed by atoms with Crippen LogP contribution in [0.5, 0.6) is 0 Å². The predicted octanol–water partition coefficient (Wildman–Crippen LogP) is 4.24. The van der Waals surface area contributed by atoms with Crippen molar-refractivity contribution in [3.8, 4) is 0 Å². The second-order valence-corrected chi connectivity index (χ2v) is 6.14. The molecule has 0 radical (unpaired) electrons. The van der Waals surface area contributed by atoms with Gasteiger partial charge in [0.25, 0.3) is 0 Å². The molecule has 1 aromatic carbocycles. The summed E-state index contributed by atoms with van der Waals surface area (Å²) < 4.78 is 2.21. The van der Waals surface area contributed by atoms with Crippen LogP contribution in [-0.4, -0.2) is 9.55 Å². The Kier molecular flexibility index (Phi) is 3.88. The van der Waals surface area contributed by atoms with Crippen molar-refractivity contribution in [1.82, 2.24) is 9.55 Å². The number of nitrogens with two attached hydrogens (primary N) is 1. The van der Waals surface area contributed by atoms with Crippen molar-refractivity contribution in [1.29, 1.82) is 0 Å². The van der Waals surface area contributed by atoms with Gasteiger partial charge in [-0.3, -0.25) is 0 Å². The Morgan fingerprint density at radius 2 is 2.11 bits per heavy atom. The summed E-state index contributed by atoms with van der Waals surface area (Å²) in [7, 11) is 0. The Balaban J connectivity index is 2.70. The van der Waals surface area contributed by atoms with Crippen LogP contribution in [0.2, 0.25) is 5.02 Å². The van der Waals surface area contributed by atoms with Gasteiger partial charge in [-0.25, -0.2) is 4.98 Å². The Morgan fingerprint density at radius 1 is 1.42 bits per heavy atom. The van der Waals surface area contributed by atoms with Gasteiger partial charge < -0.3 is 10.3 Å². The van der Waals surface area contributed by atoms with E-state index in [1.165, 1.54) is 0 Å². The maximum atomic E-state index is 6.47. The van der Waals surface area contributed by atoms with E-state index in [1.807, 2.05) is 18.2 Å². The summed E-state index contributed by atoms with van der Waals surface area (Å²) in [6.45, 7) is 8.49. The summed E-state index contributed by atoms with van der Waals surface area (Å²) in [6, 6.07) is 6.11. The van der Waals surface area contributed by atoms with Crippen molar-refractivity contribution < 1.29 is 0 Å². The lowest BCUT2D eigenvalue weighted by Crippen LogP contribution is -2.36. The second-order valence-electron chi connectivity index (χ2n) is 5.70. The molecule has 2 aromatic rings. The van der Waals surface area contributed by atoms with Gasteiger partial charge in [0.15, 0.2) is 0 Å². The predicted molar refractivity (Wildman–Crippen MR) is 81.6 cm³/mol. The first kappa shape index (κ1) is 14.4. The van der Waals surface area contributed by atoms with Crippen molar-refractivity contribution in [3.05, 3.63) is 29.0 Å². The van der Waals surface area contributed by atoms with Crippen LogP contribution in [0.25, 0.3) is 11.0 Å². The van der Waals surface area contributed by atoms with E-state index in [1.54, 1.807) is 0 Å². The number of aromatic nitrogens is 2. The maximum absolute atomic E-state index is 6.47. The molecule has 104 valence electrons. The zero-order valence-corrected chi connectivity index (χ0v) is 12.8. The normalized spacial score (nSPS) is 15.1. The molecule has 1 unspecified atom stereocenters. The summed E-state index contributed by atoms with van der Waals surface area (Å²) in [5.74, 6) is 0.946. The highest BCUT2D eigenvalue weighted by molar-refractivity contribution is 6.31. The highest BCUT2D eigenvalue weighted by atomic mass is 35.5. The Hall–Kier alpha value is -1.06. The van der Waals surface area contributed by atoms with Crippen molar-refractivity contribution in [3.63, 3.8) is 0 Å². The van der Waals surface area contributed by atoms with Crippen LogP contribution in [0.4, 0.5) is 0 Å². The summed E-state index contributed by atoms with van der Waals surface area (Å²) >= 11 is 6.11. The number of rotatable bonds is 4. The number of hydrogen-bond donors (Lipinski definition) is 1. The largest absolute Gasteiger partial charge is 0.324 e. The van der Waals surface area contributed by atoms with Gasteiger partial charge in [-0.1, -0.05) is 24.9 Å². The van der Waals surface area contributed by atoms with Crippen molar-refractivity contribution in [2.45, 2.75) is 52.1 Å². The van der Waals surface area contributed by atoms with E-state index in [-0.39, 0.29) is 0 Å². The van der Waals surface area contributed by atoms with Crippen molar-refractivity contribution >= 4 is 22.6 Å². The number of benzene rings is 1. The Bertz CT molecular complexity index is 584. The molecule has 19 heavy (non-hydrogen) atoms. The van der Waals surface area contributed by atoms with Crippen LogP contribution in [-0.2, 0) is 5.54 Å². The van der Waals surface area contributed by atoms with Gasteiger partial charge >= 0.3 is 0 Å². The molecule has 0 fully saturated rings. The van der Waals surface area contributed by atoms with Gasteiger partial charge in [0, 0.05) is 11.1 Å². The van der Waals surface area contributed by atoms with E-state index in [0.717, 1.165) is 34.7 Å². The molecule has 2 N–H and O–H groups in total. The molecule has 0 spiro atoms. The van der Waals surface area contributed by atoms with Crippen molar-refractivity contribution in [2.75, 3.05) is 0 Å². The standard InChI is InChI=1S/C15H22ClN3/c1-5-8-15(4,17)14-18-12-7-6-11(16)9-13(12)19(14)10(2)3/h6-7,9-10H,5,8,17H2,1-4H3. The lowest BCUT2D eigenvalue weighted by atomic mass is 9.96. The lowest BCUT2D eigenvalue weighted by Gasteiger charge is -2.26. The van der Waals surface area contributed by atoms with Crippen LogP contribution in [0.3, 0.4) is 0 Å². The average Bonchev–Trinajstić information content (AvgIpc) is 2.68. The lowest BCUT2D eigenvalue weighted by molar-refractivity contribution is 0.390. The summed E-state index contributed by atoms with van der Waals surface area (Å²) in [5.41, 5.74) is 8.08. The van der Waals surface area contributed by atoms with Gasteiger partial charge in [0.2, 0.25) is 0 Å². The molecule has 0 aliphatic heterocycles. The van der Waals surface area contributed by atoms with Gasteiger partial charge in [-0.2, -0.15) is 0 Å². The summed E-state index contributed by atoms with van der Waals surface area (Å²) in [6.07, 6.45) is 1.95. The number of imidazole rings is 1. The minimum atomic E-state index is -0.412. The molecule has 0 aliphatic rings. The first-order valence-electron chi connectivity index (χ1n) is 6.83. The third-order valence-electron chi connectivity index (χ3n) is 3.45. The topological polar surface area (TPSA) is 43.8 Å². The van der Waals surface area contributed by atoms with Gasteiger partial charge in [0.1, 0.15) is 5.82 Å². The molecular formula is C15H22ClN3. The maximum Gasteiger partial charge on any atom is 0.130 e. The summed E-state index contributed by atoms with van der Waals surface area (Å²) in [4.78, 5) is 4.74. The quantitative estimate of drug-likeness (QED) is 0.909. The molecule has 3 nitrogen and oxygen atoms in total. The molecule has 0 aliphatic carbocycles. The molecule has 0 saturated carbocycles. The Morgan fingerprint density at radius 3 is 2.68 bits per heavy atom. The second kappa shape index (κ2) is 5.14. The van der Waals surface area contributed by atoms with Crippen molar-refractivity contribution in [2.24, 2.45) is 5.73 Å². The summed E-state index contributed by atoms with van der Waals surface area (Å²) in [5, 5.41) is 0.732. The molecule has 1 atom stereocenters. The van der Waals surface area contributed by atoms with E-state index in [9.17, 15) is 0 Å². The fourth-order valence-electron chi connectivity index (χ4n) is 2.62. The number of halogens is 1. The first-order chi connectivity index (χ1) is 8.86. The van der Waals surface area contributed by atoms with Crippen LogP contribution < -0.4 is 5.73 Å². The molecule has 0 saturated heterocycles. The number of fused-ring (bicyclic) bond motifs is 1. The average molecular weight is 280 g/mol. The highest BCUT2D eigenvalue weighted by Crippen LogP contribution is 2.30. The van der Waals surface area contributed by atoms with E-state index in [0.29, 0.717) is 6.04 Å². The third-order valence-corrected chi connectivity index (χ3v) is 3.68. The smallest absolute Gasteiger partial charge is 0.130 e. The number of hydrogen-bond acceptors (Lipinski definition) is 2. The molecule has 1 heterocycles. The third kappa shape index (κ3) is 2.63. The van der Waals surface area contributed by atoms with Gasteiger partial charge in [-0.15, -0.1) is 0 Å². The molecule has 0 bridgehead atoms. The number of nitrogens with zero attached hydrogens (tertiary/aromatic N) is 2. The minimum absolute atomic E-state index is 0.304. The fourth-order valence-corrected chi connectivity index (χ4v) is 2.79. The van der Waals surface area contributed by atoms with E-state index < -0.39 is 5.54 Å². The molecule has 4 heteroatoms. The van der Waals surface area contributed by atoms with Crippen LogP contribution in [0.1, 0.15) is 52.4 Å². The molecule has 0 amide bonds. The van der Waals surface area contributed by atoms with E-state index in [4.69, 9.17) is 22.3 Å². The Labute approximate surface area is 119 Å². The first-order valence-corrected chi connectivity index (χ1v) is 7.21. The zero-order valence-electron chi connectivity index (χ0n) is 12.1. The monoisotopic (exact) mass is 279 g/mol. The van der Waals surface area contributed by atoms with E-state index >= 15 is 0 Å². The molecule has 2 rings (SSSR count). The zero-order chi connectivity index (χ0) is 14.2. The van der Waals surface area contributed by atoms with Gasteiger partial charge in [0.05, 0.1) is 16.6 Å². The van der Waals surface area contributed by atoms with Crippen LogP contribution in [0.15, 0.2) is 18.2 Å². The van der Waals surface area contributed by atoms with E-state index in [2.05, 4.69) is 32.3 Å².